The van der Waals surface area contributed by atoms with E-state index in [1.165, 1.54) is 0 Å². The van der Waals surface area contributed by atoms with Gasteiger partial charge in [0.2, 0.25) is 5.91 Å². The first kappa shape index (κ1) is 8.56. The van der Waals surface area contributed by atoms with Crippen LogP contribution < -0.4 is 5.32 Å². The van der Waals surface area contributed by atoms with Crippen LogP contribution in [-0.4, -0.2) is 15.8 Å². The Morgan fingerprint density at radius 2 is 2.31 bits per heavy atom. The highest BCUT2D eigenvalue weighted by molar-refractivity contribution is 9.10. The van der Waals surface area contributed by atoms with Crippen molar-refractivity contribution in [1.29, 1.82) is 0 Å². The predicted octanol–water partition coefficient (Wildman–Crippen LogP) is 1.65. The van der Waals surface area contributed by atoms with Crippen LogP contribution in [0.25, 0.3) is 0 Å². The molecule has 4 heteroatoms. The summed E-state index contributed by atoms with van der Waals surface area (Å²) in [5.41, 5.74) is 1.50. The second-order valence-corrected chi connectivity index (χ2v) is 4.07. The summed E-state index contributed by atoms with van der Waals surface area (Å²) in [6, 6.07) is 5.12. The molecular formula is C9H8BrNO2. The minimum atomic E-state index is -0.242. The SMILES string of the molecule is O=C1Nc2cccc(O)c2CC1Br. The molecule has 2 N–H and O–H groups in total. The van der Waals surface area contributed by atoms with E-state index in [9.17, 15) is 9.90 Å². The molecule has 68 valence electrons. The minimum Gasteiger partial charge on any atom is -0.508 e. The third-order valence-electron chi connectivity index (χ3n) is 2.08. The predicted molar refractivity (Wildman–Crippen MR) is 53.2 cm³/mol. The molecule has 1 atom stereocenters. The number of halogens is 1. The van der Waals surface area contributed by atoms with Crippen molar-refractivity contribution in [2.24, 2.45) is 0 Å². The van der Waals surface area contributed by atoms with Gasteiger partial charge in [0, 0.05) is 11.3 Å². The van der Waals surface area contributed by atoms with E-state index in [1.54, 1.807) is 18.2 Å². The van der Waals surface area contributed by atoms with Crippen LogP contribution in [0.5, 0.6) is 5.75 Å². The van der Waals surface area contributed by atoms with Gasteiger partial charge in [0.15, 0.2) is 0 Å². The van der Waals surface area contributed by atoms with Gasteiger partial charge in [-0.1, -0.05) is 22.0 Å². The van der Waals surface area contributed by atoms with E-state index in [0.29, 0.717) is 12.1 Å². The lowest BCUT2D eigenvalue weighted by Crippen LogP contribution is -2.29. The number of phenols is 1. The van der Waals surface area contributed by atoms with Crippen molar-refractivity contribution in [2.75, 3.05) is 5.32 Å². The third-order valence-corrected chi connectivity index (χ3v) is 2.82. The van der Waals surface area contributed by atoms with E-state index in [2.05, 4.69) is 21.2 Å². The fraction of sp³-hybridized carbons (Fsp3) is 0.222. The number of fused-ring (bicyclic) bond motifs is 1. The number of aromatic hydroxyl groups is 1. The van der Waals surface area contributed by atoms with Crippen molar-refractivity contribution in [3.8, 4) is 5.75 Å². The highest BCUT2D eigenvalue weighted by Gasteiger charge is 2.25. The van der Waals surface area contributed by atoms with Crippen LogP contribution in [0.4, 0.5) is 5.69 Å². The number of hydrogen-bond donors (Lipinski definition) is 2. The maximum atomic E-state index is 11.2. The number of benzene rings is 1. The average molecular weight is 242 g/mol. The average Bonchev–Trinajstić information content (AvgIpc) is 2.09. The molecule has 3 nitrogen and oxygen atoms in total. The Labute approximate surface area is 83.9 Å². The Kier molecular flexibility index (Phi) is 2.00. The first-order chi connectivity index (χ1) is 6.18. The summed E-state index contributed by atoms with van der Waals surface area (Å²) >= 11 is 3.23. The van der Waals surface area contributed by atoms with Crippen molar-refractivity contribution in [3.05, 3.63) is 23.8 Å². The molecule has 0 aliphatic carbocycles. The number of phenolic OH excluding ortho intramolecular Hbond substituents is 1. The van der Waals surface area contributed by atoms with Gasteiger partial charge in [-0.25, -0.2) is 0 Å². The fourth-order valence-electron chi connectivity index (χ4n) is 1.39. The molecular weight excluding hydrogens is 234 g/mol. The molecule has 1 aromatic rings. The first-order valence-corrected chi connectivity index (χ1v) is 4.86. The summed E-state index contributed by atoms with van der Waals surface area (Å²) in [5, 5.41) is 12.2. The summed E-state index contributed by atoms with van der Waals surface area (Å²) in [5.74, 6) is 0.181. The van der Waals surface area contributed by atoms with Crippen molar-refractivity contribution >= 4 is 27.5 Å². The van der Waals surface area contributed by atoms with Crippen LogP contribution in [0, 0.1) is 0 Å². The van der Waals surface area contributed by atoms with Crippen LogP contribution in [0.3, 0.4) is 0 Å². The number of hydrogen-bond acceptors (Lipinski definition) is 2. The molecule has 0 bridgehead atoms. The van der Waals surface area contributed by atoms with Gasteiger partial charge in [0.05, 0.1) is 4.83 Å². The molecule has 1 unspecified atom stereocenters. The number of nitrogens with one attached hydrogen (secondary N) is 1. The van der Waals surface area contributed by atoms with E-state index in [-0.39, 0.29) is 16.5 Å². The molecule has 0 aromatic heterocycles. The van der Waals surface area contributed by atoms with Crippen molar-refractivity contribution in [3.63, 3.8) is 0 Å². The second kappa shape index (κ2) is 3.03. The largest absolute Gasteiger partial charge is 0.508 e. The van der Waals surface area contributed by atoms with Crippen LogP contribution in [-0.2, 0) is 11.2 Å². The maximum absolute atomic E-state index is 11.2. The topological polar surface area (TPSA) is 49.3 Å². The fourth-order valence-corrected chi connectivity index (χ4v) is 1.83. The van der Waals surface area contributed by atoms with Crippen LogP contribution >= 0.6 is 15.9 Å². The number of alkyl halides is 1. The molecule has 0 radical (unpaired) electrons. The summed E-state index contributed by atoms with van der Waals surface area (Å²) < 4.78 is 0. The summed E-state index contributed by atoms with van der Waals surface area (Å²) in [7, 11) is 0. The molecule has 13 heavy (non-hydrogen) atoms. The standard InChI is InChI=1S/C9H8BrNO2/c10-6-4-5-7(11-9(6)13)2-1-3-8(5)12/h1-3,6,12H,4H2,(H,11,13). The Morgan fingerprint density at radius 3 is 3.08 bits per heavy atom. The molecule has 1 heterocycles. The lowest BCUT2D eigenvalue weighted by molar-refractivity contribution is -0.115. The maximum Gasteiger partial charge on any atom is 0.238 e. The monoisotopic (exact) mass is 241 g/mol. The highest BCUT2D eigenvalue weighted by atomic mass is 79.9. The van der Waals surface area contributed by atoms with Gasteiger partial charge in [-0.15, -0.1) is 0 Å². The second-order valence-electron chi connectivity index (χ2n) is 2.96. The zero-order valence-electron chi connectivity index (χ0n) is 6.75. The van der Waals surface area contributed by atoms with Crippen molar-refractivity contribution in [1.82, 2.24) is 0 Å². The molecule has 1 aliphatic rings. The smallest absolute Gasteiger partial charge is 0.238 e. The van der Waals surface area contributed by atoms with Gasteiger partial charge < -0.3 is 10.4 Å². The first-order valence-electron chi connectivity index (χ1n) is 3.94. The zero-order valence-corrected chi connectivity index (χ0v) is 8.34. The number of carbonyl (C=O) groups excluding carboxylic acids is 1. The van der Waals surface area contributed by atoms with E-state index < -0.39 is 0 Å². The Balaban J connectivity index is 2.48. The van der Waals surface area contributed by atoms with Gasteiger partial charge >= 0.3 is 0 Å². The van der Waals surface area contributed by atoms with E-state index in [0.717, 1.165) is 5.56 Å². The van der Waals surface area contributed by atoms with E-state index in [1.807, 2.05) is 0 Å². The third kappa shape index (κ3) is 1.42. The van der Waals surface area contributed by atoms with Crippen LogP contribution in [0.2, 0.25) is 0 Å². The number of rotatable bonds is 0. The van der Waals surface area contributed by atoms with Gasteiger partial charge in [-0.2, -0.15) is 0 Å². The van der Waals surface area contributed by atoms with Crippen molar-refractivity contribution in [2.45, 2.75) is 11.2 Å². The van der Waals surface area contributed by atoms with E-state index in [4.69, 9.17) is 0 Å². The number of amides is 1. The molecule has 0 saturated heterocycles. The quantitative estimate of drug-likeness (QED) is 0.679. The molecule has 2 rings (SSSR count). The number of anilines is 1. The summed E-state index contributed by atoms with van der Waals surface area (Å²) in [4.78, 5) is 11.0. The Hall–Kier alpha value is -1.03. The normalized spacial score (nSPS) is 20.7. The van der Waals surface area contributed by atoms with Gasteiger partial charge in [0.1, 0.15) is 5.75 Å². The lowest BCUT2D eigenvalue weighted by atomic mass is 10.0. The van der Waals surface area contributed by atoms with Crippen LogP contribution in [0.1, 0.15) is 5.56 Å². The number of carbonyl (C=O) groups is 1. The van der Waals surface area contributed by atoms with Gasteiger partial charge in [0.25, 0.3) is 0 Å². The molecule has 1 amide bonds. The zero-order chi connectivity index (χ0) is 9.42. The Bertz CT molecular complexity index is 365. The Morgan fingerprint density at radius 1 is 1.54 bits per heavy atom. The minimum absolute atomic E-state index is 0.0573. The summed E-state index contributed by atoms with van der Waals surface area (Å²) in [6.45, 7) is 0. The summed E-state index contributed by atoms with van der Waals surface area (Å²) in [6.07, 6.45) is 0.536. The lowest BCUT2D eigenvalue weighted by Gasteiger charge is -2.21. The highest BCUT2D eigenvalue weighted by Crippen LogP contribution is 2.31. The molecule has 1 aromatic carbocycles. The van der Waals surface area contributed by atoms with Crippen LogP contribution in [0.15, 0.2) is 18.2 Å². The molecule has 0 fully saturated rings. The molecule has 0 spiro atoms. The molecule has 1 aliphatic heterocycles. The molecule has 0 saturated carbocycles. The van der Waals surface area contributed by atoms with Crippen molar-refractivity contribution < 1.29 is 9.90 Å². The van der Waals surface area contributed by atoms with Gasteiger partial charge in [-0.05, 0) is 18.6 Å². The van der Waals surface area contributed by atoms with E-state index >= 15 is 0 Å². The van der Waals surface area contributed by atoms with Gasteiger partial charge in [-0.3, -0.25) is 4.79 Å².